The lowest BCUT2D eigenvalue weighted by molar-refractivity contribution is 0.0972. The quantitative estimate of drug-likeness (QED) is 0.397. The average Bonchev–Trinajstić information content (AvgIpc) is 3.17. The average molecular weight is 483 g/mol. The maximum Gasteiger partial charge on any atom is 0.281 e. The number of hydrogen-bond acceptors (Lipinski definition) is 4. The summed E-state index contributed by atoms with van der Waals surface area (Å²) in [6.07, 6.45) is 0. The molecule has 33 heavy (non-hydrogen) atoms. The summed E-state index contributed by atoms with van der Waals surface area (Å²) in [6, 6.07) is 20.7. The first-order chi connectivity index (χ1) is 15.8. The van der Waals surface area contributed by atoms with Gasteiger partial charge in [0.25, 0.3) is 15.9 Å². The first-order valence-corrected chi connectivity index (χ1v) is 12.2. The van der Waals surface area contributed by atoms with Gasteiger partial charge in [0.05, 0.1) is 11.4 Å². The highest BCUT2D eigenvalue weighted by Gasteiger charge is 2.22. The number of para-hydroxylation sites is 1. The molecule has 0 aliphatic rings. The molecule has 0 atom stereocenters. The number of fused-ring (bicyclic) bond motifs is 1. The smallest absolute Gasteiger partial charge is 0.281 e. The van der Waals surface area contributed by atoms with E-state index in [1.807, 2.05) is 50.2 Å². The molecule has 170 valence electrons. The van der Waals surface area contributed by atoms with E-state index in [0.29, 0.717) is 17.3 Å². The van der Waals surface area contributed by atoms with Crippen LogP contribution in [0.1, 0.15) is 21.6 Å². The molecular formula is C25H23ClN2O4S. The van der Waals surface area contributed by atoms with Gasteiger partial charge in [-0.15, -0.1) is 0 Å². The Morgan fingerprint density at radius 1 is 0.970 bits per heavy atom. The van der Waals surface area contributed by atoms with E-state index in [2.05, 4.69) is 4.72 Å². The normalized spacial score (nSPS) is 11.5. The van der Waals surface area contributed by atoms with E-state index in [4.69, 9.17) is 16.3 Å². The molecule has 0 fully saturated rings. The second kappa shape index (κ2) is 9.29. The summed E-state index contributed by atoms with van der Waals surface area (Å²) in [5, 5.41) is 1.54. The zero-order chi connectivity index (χ0) is 23.6. The molecule has 0 saturated heterocycles. The summed E-state index contributed by atoms with van der Waals surface area (Å²) in [7, 11) is -4.00. The maximum atomic E-state index is 13.0. The minimum absolute atomic E-state index is 0.0258. The van der Waals surface area contributed by atoms with Gasteiger partial charge in [0, 0.05) is 15.9 Å². The van der Waals surface area contributed by atoms with Crippen molar-refractivity contribution in [2.75, 3.05) is 6.61 Å². The molecule has 1 amide bonds. The molecule has 0 spiro atoms. The van der Waals surface area contributed by atoms with E-state index in [9.17, 15) is 13.2 Å². The van der Waals surface area contributed by atoms with Crippen molar-refractivity contribution in [3.63, 3.8) is 0 Å². The van der Waals surface area contributed by atoms with Crippen LogP contribution in [0.3, 0.4) is 0 Å². The first kappa shape index (κ1) is 22.9. The van der Waals surface area contributed by atoms with Crippen LogP contribution in [0.15, 0.2) is 77.7 Å². The maximum absolute atomic E-state index is 13.0. The molecule has 4 aromatic rings. The van der Waals surface area contributed by atoms with Gasteiger partial charge in [0.15, 0.2) is 0 Å². The van der Waals surface area contributed by atoms with Crippen molar-refractivity contribution in [3.05, 3.63) is 94.6 Å². The van der Waals surface area contributed by atoms with Crippen LogP contribution in [-0.4, -0.2) is 25.5 Å². The van der Waals surface area contributed by atoms with Gasteiger partial charge in [-0.2, -0.15) is 0 Å². The Kier molecular flexibility index (Phi) is 6.44. The molecular weight excluding hydrogens is 460 g/mol. The van der Waals surface area contributed by atoms with Gasteiger partial charge in [0.1, 0.15) is 18.1 Å². The van der Waals surface area contributed by atoms with E-state index in [0.717, 1.165) is 22.0 Å². The lowest BCUT2D eigenvalue weighted by Gasteiger charge is -2.14. The Bertz CT molecular complexity index is 1410. The fraction of sp³-hybridized carbons (Fsp3) is 0.160. The molecule has 0 aliphatic carbocycles. The first-order valence-electron chi connectivity index (χ1n) is 10.4. The molecule has 0 bridgehead atoms. The third-order valence-corrected chi connectivity index (χ3v) is 7.26. The van der Waals surface area contributed by atoms with E-state index < -0.39 is 15.9 Å². The van der Waals surface area contributed by atoms with Gasteiger partial charge in [-0.05, 0) is 61.4 Å². The van der Waals surface area contributed by atoms with Gasteiger partial charge < -0.3 is 9.30 Å². The van der Waals surface area contributed by atoms with E-state index in [-0.39, 0.29) is 17.2 Å². The summed E-state index contributed by atoms with van der Waals surface area (Å²) in [5.74, 6) is -0.0169. The standard InChI is InChI=1S/C25H23ClN2O4S/c1-17-14-20(15-18(2)24(17)26)32-13-12-28-22-11-7-6-8-19(22)16-23(28)25(29)27-33(30,31)21-9-4-3-5-10-21/h3-11,14-16H,12-13H2,1-2H3,(H,27,29). The fourth-order valence-corrected chi connectivity index (χ4v) is 4.81. The van der Waals surface area contributed by atoms with Crippen molar-refractivity contribution < 1.29 is 17.9 Å². The summed E-state index contributed by atoms with van der Waals surface area (Å²) < 4.78 is 35.2. The number of amides is 1. The van der Waals surface area contributed by atoms with Crippen LogP contribution in [0.2, 0.25) is 5.02 Å². The van der Waals surface area contributed by atoms with Gasteiger partial charge in [-0.25, -0.2) is 13.1 Å². The monoisotopic (exact) mass is 482 g/mol. The number of hydrogen-bond donors (Lipinski definition) is 1. The van der Waals surface area contributed by atoms with Gasteiger partial charge >= 0.3 is 0 Å². The van der Waals surface area contributed by atoms with Crippen molar-refractivity contribution in [3.8, 4) is 5.75 Å². The summed E-state index contributed by atoms with van der Waals surface area (Å²) in [5.41, 5.74) is 2.89. The van der Waals surface area contributed by atoms with Crippen LogP contribution < -0.4 is 9.46 Å². The number of sulfonamides is 1. The minimum Gasteiger partial charge on any atom is -0.492 e. The Morgan fingerprint density at radius 2 is 1.61 bits per heavy atom. The number of rotatable bonds is 7. The zero-order valence-electron chi connectivity index (χ0n) is 18.2. The molecule has 8 heteroatoms. The predicted molar refractivity (Wildman–Crippen MR) is 129 cm³/mol. The Balaban J connectivity index is 1.59. The summed E-state index contributed by atoms with van der Waals surface area (Å²) in [4.78, 5) is 13.0. The number of carbonyl (C=O) groups excluding carboxylic acids is 1. The second-order valence-electron chi connectivity index (χ2n) is 7.71. The Labute approximate surface area is 197 Å². The van der Waals surface area contributed by atoms with Gasteiger partial charge in [-0.3, -0.25) is 4.79 Å². The molecule has 1 aromatic heterocycles. The highest BCUT2D eigenvalue weighted by Crippen LogP contribution is 2.26. The van der Waals surface area contributed by atoms with Gasteiger partial charge in [0.2, 0.25) is 0 Å². The third kappa shape index (κ3) is 4.89. The lowest BCUT2D eigenvalue weighted by Crippen LogP contribution is -2.32. The molecule has 0 saturated carbocycles. The van der Waals surface area contributed by atoms with E-state index >= 15 is 0 Å². The van der Waals surface area contributed by atoms with Crippen molar-refractivity contribution in [2.24, 2.45) is 0 Å². The molecule has 4 rings (SSSR count). The molecule has 0 unspecified atom stereocenters. The molecule has 0 aliphatic heterocycles. The summed E-state index contributed by atoms with van der Waals surface area (Å²) >= 11 is 6.23. The number of nitrogens with one attached hydrogen (secondary N) is 1. The molecule has 1 N–H and O–H groups in total. The summed E-state index contributed by atoms with van der Waals surface area (Å²) in [6.45, 7) is 4.46. The number of aryl methyl sites for hydroxylation is 2. The number of carbonyl (C=O) groups is 1. The Morgan fingerprint density at radius 3 is 2.30 bits per heavy atom. The van der Waals surface area contributed by atoms with Crippen molar-refractivity contribution in [1.29, 1.82) is 0 Å². The molecule has 3 aromatic carbocycles. The minimum atomic E-state index is -4.00. The van der Waals surface area contributed by atoms with Crippen LogP contribution in [0, 0.1) is 13.8 Å². The highest BCUT2D eigenvalue weighted by atomic mass is 35.5. The van der Waals surface area contributed by atoms with Crippen molar-refractivity contribution in [2.45, 2.75) is 25.3 Å². The van der Waals surface area contributed by atoms with Gasteiger partial charge in [-0.1, -0.05) is 48.0 Å². The molecule has 0 radical (unpaired) electrons. The van der Waals surface area contributed by atoms with Crippen molar-refractivity contribution >= 4 is 38.4 Å². The Hall–Kier alpha value is -3.29. The van der Waals surface area contributed by atoms with E-state index in [1.54, 1.807) is 28.8 Å². The predicted octanol–water partition coefficient (Wildman–Crippen LogP) is 5.11. The van der Waals surface area contributed by atoms with Crippen LogP contribution in [0.5, 0.6) is 5.75 Å². The van der Waals surface area contributed by atoms with Crippen LogP contribution >= 0.6 is 11.6 Å². The third-order valence-electron chi connectivity index (χ3n) is 5.32. The van der Waals surface area contributed by atoms with E-state index in [1.165, 1.54) is 12.1 Å². The largest absolute Gasteiger partial charge is 0.492 e. The van der Waals surface area contributed by atoms with Crippen LogP contribution in [-0.2, 0) is 16.6 Å². The number of halogens is 1. The number of aromatic nitrogens is 1. The SMILES string of the molecule is Cc1cc(OCCn2c(C(=O)NS(=O)(=O)c3ccccc3)cc3ccccc32)cc(C)c1Cl. The number of benzene rings is 3. The van der Waals surface area contributed by atoms with Crippen molar-refractivity contribution in [1.82, 2.24) is 9.29 Å². The zero-order valence-corrected chi connectivity index (χ0v) is 19.8. The topological polar surface area (TPSA) is 77.4 Å². The second-order valence-corrected chi connectivity index (χ2v) is 9.77. The fourth-order valence-electron chi connectivity index (χ4n) is 3.72. The van der Waals surface area contributed by atoms with Crippen LogP contribution in [0.4, 0.5) is 0 Å². The molecule has 1 heterocycles. The number of ether oxygens (including phenoxy) is 1. The van der Waals surface area contributed by atoms with Crippen LogP contribution in [0.25, 0.3) is 10.9 Å². The highest BCUT2D eigenvalue weighted by molar-refractivity contribution is 7.90. The number of nitrogens with zero attached hydrogens (tertiary/aromatic N) is 1. The molecule has 6 nitrogen and oxygen atoms in total. The lowest BCUT2D eigenvalue weighted by atomic mass is 10.1.